The number of nitrogens with zero attached hydrogens (tertiary/aromatic N) is 2. The maximum Gasteiger partial charge on any atom is 0.0992 e. The largest absolute Gasteiger partial charge is 0.399 e. The van der Waals surface area contributed by atoms with E-state index in [-0.39, 0.29) is 0 Å². The van der Waals surface area contributed by atoms with Gasteiger partial charge in [0.25, 0.3) is 0 Å². The summed E-state index contributed by atoms with van der Waals surface area (Å²) >= 11 is 0. The standard InChI is InChI=1S/C15H15N3/c1-11-8-13(17)6-7-15(11)18(2)14-5-3-4-12(9-14)10-16/h3-9H,17H2,1-2H3. The summed E-state index contributed by atoms with van der Waals surface area (Å²) in [6.45, 7) is 2.02. The van der Waals surface area contributed by atoms with Gasteiger partial charge in [0, 0.05) is 24.1 Å². The number of hydrogen-bond donors (Lipinski definition) is 1. The minimum absolute atomic E-state index is 0.660. The Labute approximate surface area is 107 Å². The third-order valence-corrected chi connectivity index (χ3v) is 2.94. The van der Waals surface area contributed by atoms with Gasteiger partial charge >= 0.3 is 0 Å². The van der Waals surface area contributed by atoms with E-state index in [9.17, 15) is 0 Å². The molecule has 0 heterocycles. The molecule has 0 aliphatic heterocycles. The van der Waals surface area contributed by atoms with Crippen LogP contribution >= 0.6 is 0 Å². The van der Waals surface area contributed by atoms with Crippen molar-refractivity contribution in [3.63, 3.8) is 0 Å². The Kier molecular flexibility index (Phi) is 3.20. The molecule has 2 N–H and O–H groups in total. The van der Waals surface area contributed by atoms with Crippen LogP contribution in [0, 0.1) is 18.3 Å². The van der Waals surface area contributed by atoms with Gasteiger partial charge in [-0.25, -0.2) is 0 Å². The molecule has 3 heteroatoms. The van der Waals surface area contributed by atoms with Crippen molar-refractivity contribution < 1.29 is 0 Å². The Morgan fingerprint density at radius 3 is 2.61 bits per heavy atom. The van der Waals surface area contributed by atoms with Crippen LogP contribution in [-0.2, 0) is 0 Å². The van der Waals surface area contributed by atoms with Gasteiger partial charge in [-0.3, -0.25) is 0 Å². The van der Waals surface area contributed by atoms with E-state index in [1.54, 1.807) is 6.07 Å². The maximum atomic E-state index is 8.92. The first-order chi connectivity index (χ1) is 8.61. The summed E-state index contributed by atoms with van der Waals surface area (Å²) in [4.78, 5) is 2.05. The van der Waals surface area contributed by atoms with E-state index in [2.05, 4.69) is 11.0 Å². The molecule has 90 valence electrons. The lowest BCUT2D eigenvalue weighted by Crippen LogP contribution is -2.11. The van der Waals surface area contributed by atoms with Gasteiger partial charge in [-0.1, -0.05) is 6.07 Å². The molecule has 18 heavy (non-hydrogen) atoms. The molecule has 0 saturated heterocycles. The van der Waals surface area contributed by atoms with Gasteiger partial charge in [0.05, 0.1) is 11.6 Å². The molecule has 0 bridgehead atoms. The van der Waals surface area contributed by atoms with Crippen molar-refractivity contribution >= 4 is 17.1 Å². The second-order valence-electron chi connectivity index (χ2n) is 4.27. The predicted molar refractivity (Wildman–Crippen MR) is 74.8 cm³/mol. The van der Waals surface area contributed by atoms with Crippen molar-refractivity contribution in [1.82, 2.24) is 0 Å². The highest BCUT2D eigenvalue weighted by Crippen LogP contribution is 2.28. The normalized spacial score (nSPS) is 9.83. The quantitative estimate of drug-likeness (QED) is 0.816. The fourth-order valence-electron chi connectivity index (χ4n) is 1.98. The first-order valence-corrected chi connectivity index (χ1v) is 5.72. The highest BCUT2D eigenvalue weighted by atomic mass is 15.1. The monoisotopic (exact) mass is 237 g/mol. The van der Waals surface area contributed by atoms with Crippen molar-refractivity contribution in [3.05, 3.63) is 53.6 Å². The summed E-state index contributed by atoms with van der Waals surface area (Å²) < 4.78 is 0. The summed E-state index contributed by atoms with van der Waals surface area (Å²) in [7, 11) is 1.98. The molecule has 0 fully saturated rings. The van der Waals surface area contributed by atoms with Crippen LogP contribution in [0.3, 0.4) is 0 Å². The summed E-state index contributed by atoms with van der Waals surface area (Å²) in [5.41, 5.74) is 10.4. The highest BCUT2D eigenvalue weighted by molar-refractivity contribution is 5.68. The van der Waals surface area contributed by atoms with Crippen LogP contribution in [0.2, 0.25) is 0 Å². The number of nitrogen functional groups attached to an aromatic ring is 1. The minimum Gasteiger partial charge on any atom is -0.399 e. The second kappa shape index (κ2) is 4.80. The molecule has 0 amide bonds. The van der Waals surface area contributed by atoms with Gasteiger partial charge in [0.15, 0.2) is 0 Å². The molecule has 2 aromatic carbocycles. The molecule has 0 radical (unpaired) electrons. The fourth-order valence-corrected chi connectivity index (χ4v) is 1.98. The minimum atomic E-state index is 0.660. The zero-order valence-corrected chi connectivity index (χ0v) is 10.5. The van der Waals surface area contributed by atoms with Crippen molar-refractivity contribution in [2.24, 2.45) is 0 Å². The van der Waals surface area contributed by atoms with E-state index in [1.165, 1.54) is 0 Å². The number of hydrogen-bond acceptors (Lipinski definition) is 3. The molecule has 0 unspecified atom stereocenters. The first-order valence-electron chi connectivity index (χ1n) is 5.72. The molecular weight excluding hydrogens is 222 g/mol. The van der Waals surface area contributed by atoms with Gasteiger partial charge in [-0.2, -0.15) is 5.26 Å². The molecule has 0 aliphatic rings. The van der Waals surface area contributed by atoms with E-state index in [0.717, 1.165) is 22.6 Å². The average Bonchev–Trinajstić information content (AvgIpc) is 2.38. The van der Waals surface area contributed by atoms with Crippen LogP contribution in [0.25, 0.3) is 0 Å². The number of aryl methyl sites for hydroxylation is 1. The van der Waals surface area contributed by atoms with Crippen LogP contribution < -0.4 is 10.6 Å². The fraction of sp³-hybridized carbons (Fsp3) is 0.133. The molecule has 2 rings (SSSR count). The van der Waals surface area contributed by atoms with Gasteiger partial charge in [0.1, 0.15) is 0 Å². The first kappa shape index (κ1) is 12.0. The Balaban J connectivity index is 2.41. The second-order valence-corrected chi connectivity index (χ2v) is 4.27. The van der Waals surface area contributed by atoms with E-state index >= 15 is 0 Å². The van der Waals surface area contributed by atoms with E-state index in [0.29, 0.717) is 5.56 Å². The Bertz CT molecular complexity index is 611. The van der Waals surface area contributed by atoms with Crippen molar-refractivity contribution in [1.29, 1.82) is 5.26 Å². The molecule has 0 atom stereocenters. The molecule has 3 nitrogen and oxygen atoms in total. The van der Waals surface area contributed by atoms with Gasteiger partial charge in [-0.15, -0.1) is 0 Å². The SMILES string of the molecule is Cc1cc(N)ccc1N(C)c1cccc(C#N)c1. The van der Waals surface area contributed by atoms with Gasteiger partial charge in [-0.05, 0) is 48.9 Å². The zero-order chi connectivity index (χ0) is 13.1. The third-order valence-electron chi connectivity index (χ3n) is 2.94. The summed E-state index contributed by atoms with van der Waals surface area (Å²) in [5, 5.41) is 8.92. The van der Waals surface area contributed by atoms with Crippen LogP contribution in [0.15, 0.2) is 42.5 Å². The van der Waals surface area contributed by atoms with Crippen molar-refractivity contribution in [2.45, 2.75) is 6.92 Å². The number of benzene rings is 2. The lowest BCUT2D eigenvalue weighted by Gasteiger charge is -2.22. The lowest BCUT2D eigenvalue weighted by molar-refractivity contribution is 1.18. The Morgan fingerprint density at radius 1 is 1.17 bits per heavy atom. The van der Waals surface area contributed by atoms with E-state index in [4.69, 9.17) is 11.0 Å². The van der Waals surface area contributed by atoms with Gasteiger partial charge < -0.3 is 10.6 Å². The molecular formula is C15H15N3. The van der Waals surface area contributed by atoms with Crippen LogP contribution in [0.1, 0.15) is 11.1 Å². The summed E-state index contributed by atoms with van der Waals surface area (Å²) in [6.07, 6.45) is 0. The third kappa shape index (κ3) is 2.28. The van der Waals surface area contributed by atoms with Crippen LogP contribution in [0.4, 0.5) is 17.1 Å². The van der Waals surface area contributed by atoms with Crippen LogP contribution in [-0.4, -0.2) is 7.05 Å². The number of rotatable bonds is 2. The maximum absolute atomic E-state index is 8.92. The molecule has 2 aromatic rings. The number of nitrogens with two attached hydrogens (primary N) is 1. The van der Waals surface area contributed by atoms with Crippen molar-refractivity contribution in [3.8, 4) is 6.07 Å². The summed E-state index contributed by atoms with van der Waals surface area (Å²) in [6, 6.07) is 15.5. The number of anilines is 3. The lowest BCUT2D eigenvalue weighted by atomic mass is 10.1. The van der Waals surface area contributed by atoms with Gasteiger partial charge in [0.2, 0.25) is 0 Å². The highest BCUT2D eigenvalue weighted by Gasteiger charge is 2.07. The molecule has 0 spiro atoms. The predicted octanol–water partition coefficient (Wildman–Crippen LogP) is 3.22. The Hall–Kier alpha value is -2.47. The average molecular weight is 237 g/mol. The van der Waals surface area contributed by atoms with Crippen LogP contribution in [0.5, 0.6) is 0 Å². The smallest absolute Gasteiger partial charge is 0.0992 e. The molecule has 0 aromatic heterocycles. The molecule has 0 aliphatic carbocycles. The summed E-state index contributed by atoms with van der Waals surface area (Å²) in [5.74, 6) is 0. The van der Waals surface area contributed by atoms with E-state index in [1.807, 2.05) is 50.4 Å². The van der Waals surface area contributed by atoms with E-state index < -0.39 is 0 Å². The zero-order valence-electron chi connectivity index (χ0n) is 10.5. The van der Waals surface area contributed by atoms with Crippen molar-refractivity contribution in [2.75, 3.05) is 17.7 Å². The Morgan fingerprint density at radius 2 is 1.94 bits per heavy atom. The topological polar surface area (TPSA) is 53.0 Å². The number of nitriles is 1. The molecule has 0 saturated carbocycles.